The van der Waals surface area contributed by atoms with E-state index in [1.807, 2.05) is 30.3 Å². The molecular weight excluding hydrogens is 408 g/mol. The van der Waals surface area contributed by atoms with Crippen LogP contribution >= 0.6 is 0 Å². The van der Waals surface area contributed by atoms with Crippen molar-refractivity contribution < 1.29 is 23.8 Å². The summed E-state index contributed by atoms with van der Waals surface area (Å²) < 4.78 is 16.1. The van der Waals surface area contributed by atoms with Gasteiger partial charge in [-0.05, 0) is 35.3 Å². The SMILES string of the molecule is COc1ccc(CN2C(=O)COC[C@H]2C(=O)N2CC=C(c3ccccc3)CC2)cc1OC. The number of nitrogens with zero attached hydrogens (tertiary/aromatic N) is 2. The van der Waals surface area contributed by atoms with Crippen LogP contribution in [0, 0.1) is 0 Å². The Hall–Kier alpha value is -3.32. The summed E-state index contributed by atoms with van der Waals surface area (Å²) in [5.41, 5.74) is 3.29. The minimum absolute atomic E-state index is 0.0187. The Morgan fingerprint density at radius 3 is 2.56 bits per heavy atom. The van der Waals surface area contributed by atoms with E-state index in [4.69, 9.17) is 14.2 Å². The van der Waals surface area contributed by atoms with Crippen molar-refractivity contribution in [2.75, 3.05) is 40.5 Å². The topological polar surface area (TPSA) is 68.3 Å². The van der Waals surface area contributed by atoms with Gasteiger partial charge in [0.05, 0.1) is 20.8 Å². The molecule has 0 spiro atoms. The van der Waals surface area contributed by atoms with Crippen LogP contribution in [0.5, 0.6) is 11.5 Å². The van der Waals surface area contributed by atoms with Crippen molar-refractivity contribution in [3.8, 4) is 11.5 Å². The monoisotopic (exact) mass is 436 g/mol. The maximum absolute atomic E-state index is 13.3. The van der Waals surface area contributed by atoms with Gasteiger partial charge in [0.25, 0.3) is 0 Å². The predicted molar refractivity (Wildman–Crippen MR) is 120 cm³/mol. The number of hydrogen-bond donors (Lipinski definition) is 0. The molecule has 7 heteroatoms. The lowest BCUT2D eigenvalue weighted by Gasteiger charge is -2.38. The Kier molecular flexibility index (Phi) is 6.75. The molecule has 32 heavy (non-hydrogen) atoms. The second-order valence-corrected chi connectivity index (χ2v) is 7.87. The molecule has 2 aromatic rings. The Balaban J connectivity index is 1.48. The maximum atomic E-state index is 13.3. The number of rotatable bonds is 6. The van der Waals surface area contributed by atoms with Crippen LogP contribution in [0.25, 0.3) is 5.57 Å². The van der Waals surface area contributed by atoms with Crippen molar-refractivity contribution in [3.05, 3.63) is 65.7 Å². The van der Waals surface area contributed by atoms with E-state index in [1.165, 1.54) is 11.1 Å². The Labute approximate surface area is 188 Å². The highest BCUT2D eigenvalue weighted by atomic mass is 16.5. The van der Waals surface area contributed by atoms with Gasteiger partial charge in [-0.15, -0.1) is 0 Å². The lowest BCUT2D eigenvalue weighted by Crippen LogP contribution is -2.57. The fourth-order valence-electron chi connectivity index (χ4n) is 4.18. The molecule has 2 aliphatic heterocycles. The summed E-state index contributed by atoms with van der Waals surface area (Å²) in [6.45, 7) is 1.63. The standard InChI is InChI=1S/C25H28N2O5/c1-30-22-9-8-18(14-23(22)31-2)15-27-21(16-32-17-24(27)28)25(29)26-12-10-20(11-13-26)19-6-4-3-5-7-19/h3-10,14,21H,11-13,15-17H2,1-2H3/t21-/m0/s1. The summed E-state index contributed by atoms with van der Waals surface area (Å²) in [6.07, 6.45) is 2.88. The molecule has 168 valence electrons. The second kappa shape index (κ2) is 9.87. The van der Waals surface area contributed by atoms with Gasteiger partial charge in [0.2, 0.25) is 11.8 Å². The molecular formula is C25H28N2O5. The molecule has 0 saturated carbocycles. The molecule has 0 bridgehead atoms. The zero-order chi connectivity index (χ0) is 22.5. The average molecular weight is 437 g/mol. The molecule has 1 fully saturated rings. The molecule has 0 radical (unpaired) electrons. The number of methoxy groups -OCH3 is 2. The summed E-state index contributed by atoms with van der Waals surface area (Å²) in [5, 5.41) is 0. The minimum Gasteiger partial charge on any atom is -0.493 e. The molecule has 2 amide bonds. The Morgan fingerprint density at radius 1 is 1.09 bits per heavy atom. The minimum atomic E-state index is -0.643. The molecule has 0 N–H and O–H groups in total. The van der Waals surface area contributed by atoms with Crippen molar-refractivity contribution in [1.82, 2.24) is 9.80 Å². The summed E-state index contributed by atoms with van der Waals surface area (Å²) in [6, 6.07) is 15.1. The number of carbonyl (C=O) groups excluding carboxylic acids is 2. The van der Waals surface area contributed by atoms with Gasteiger partial charge in [0, 0.05) is 19.6 Å². The summed E-state index contributed by atoms with van der Waals surface area (Å²) in [4.78, 5) is 29.4. The van der Waals surface area contributed by atoms with Crippen molar-refractivity contribution in [2.24, 2.45) is 0 Å². The fourth-order valence-corrected chi connectivity index (χ4v) is 4.18. The third kappa shape index (κ3) is 4.62. The van der Waals surface area contributed by atoms with Crippen LogP contribution in [-0.4, -0.2) is 68.2 Å². The first kappa shape index (κ1) is 21.9. The van der Waals surface area contributed by atoms with Gasteiger partial charge in [-0.25, -0.2) is 0 Å². The third-order valence-electron chi connectivity index (χ3n) is 5.95. The summed E-state index contributed by atoms with van der Waals surface area (Å²) in [5.74, 6) is 0.929. The summed E-state index contributed by atoms with van der Waals surface area (Å²) >= 11 is 0. The van der Waals surface area contributed by atoms with Crippen molar-refractivity contribution >= 4 is 17.4 Å². The van der Waals surface area contributed by atoms with E-state index >= 15 is 0 Å². The van der Waals surface area contributed by atoms with E-state index in [2.05, 4.69) is 18.2 Å². The third-order valence-corrected chi connectivity index (χ3v) is 5.95. The van der Waals surface area contributed by atoms with Crippen molar-refractivity contribution in [1.29, 1.82) is 0 Å². The lowest BCUT2D eigenvalue weighted by atomic mass is 9.99. The van der Waals surface area contributed by atoms with Gasteiger partial charge in [-0.1, -0.05) is 42.5 Å². The number of ether oxygens (including phenoxy) is 3. The normalized spacial score (nSPS) is 18.9. The van der Waals surface area contributed by atoms with Gasteiger partial charge in [0.1, 0.15) is 12.6 Å². The number of morpholine rings is 1. The van der Waals surface area contributed by atoms with E-state index in [0.29, 0.717) is 31.1 Å². The lowest BCUT2D eigenvalue weighted by molar-refractivity contribution is -0.159. The zero-order valence-electron chi connectivity index (χ0n) is 18.5. The number of amides is 2. The molecule has 1 saturated heterocycles. The number of benzene rings is 2. The van der Waals surface area contributed by atoms with Gasteiger partial charge in [-0.3, -0.25) is 9.59 Å². The molecule has 0 aromatic heterocycles. The summed E-state index contributed by atoms with van der Waals surface area (Å²) in [7, 11) is 3.15. The first-order chi connectivity index (χ1) is 15.6. The van der Waals surface area contributed by atoms with Crippen LogP contribution in [0.3, 0.4) is 0 Å². The predicted octanol–water partition coefficient (Wildman–Crippen LogP) is 2.75. The maximum Gasteiger partial charge on any atom is 0.249 e. The zero-order valence-corrected chi connectivity index (χ0v) is 18.5. The van der Waals surface area contributed by atoms with Gasteiger partial charge < -0.3 is 24.0 Å². The fraction of sp³-hybridized carbons (Fsp3) is 0.360. The quantitative estimate of drug-likeness (QED) is 0.697. The highest BCUT2D eigenvalue weighted by Crippen LogP contribution is 2.29. The largest absolute Gasteiger partial charge is 0.493 e. The van der Waals surface area contributed by atoms with E-state index in [9.17, 15) is 9.59 Å². The van der Waals surface area contributed by atoms with Crippen LogP contribution in [-0.2, 0) is 20.9 Å². The van der Waals surface area contributed by atoms with E-state index in [0.717, 1.165) is 12.0 Å². The number of carbonyl (C=O) groups is 2. The molecule has 2 aliphatic rings. The Bertz CT molecular complexity index is 1000. The first-order valence-corrected chi connectivity index (χ1v) is 10.7. The van der Waals surface area contributed by atoms with Crippen LogP contribution in [0.4, 0.5) is 0 Å². The second-order valence-electron chi connectivity index (χ2n) is 7.87. The molecule has 4 rings (SSSR count). The molecule has 0 unspecified atom stereocenters. The van der Waals surface area contributed by atoms with E-state index in [1.54, 1.807) is 30.1 Å². The molecule has 2 heterocycles. The van der Waals surface area contributed by atoms with Crippen molar-refractivity contribution in [3.63, 3.8) is 0 Å². The average Bonchev–Trinajstić information content (AvgIpc) is 2.85. The molecule has 1 atom stereocenters. The number of hydrogen-bond acceptors (Lipinski definition) is 5. The molecule has 2 aromatic carbocycles. The first-order valence-electron chi connectivity index (χ1n) is 10.7. The molecule has 0 aliphatic carbocycles. The van der Waals surface area contributed by atoms with Crippen molar-refractivity contribution in [2.45, 2.75) is 19.0 Å². The van der Waals surface area contributed by atoms with Crippen LogP contribution < -0.4 is 9.47 Å². The van der Waals surface area contributed by atoms with Gasteiger partial charge in [-0.2, -0.15) is 0 Å². The van der Waals surface area contributed by atoms with E-state index in [-0.39, 0.29) is 25.0 Å². The Morgan fingerprint density at radius 2 is 1.88 bits per heavy atom. The molecule has 7 nitrogen and oxygen atoms in total. The van der Waals surface area contributed by atoms with Gasteiger partial charge in [0.15, 0.2) is 11.5 Å². The van der Waals surface area contributed by atoms with Crippen LogP contribution in [0.1, 0.15) is 17.5 Å². The van der Waals surface area contributed by atoms with Crippen LogP contribution in [0.2, 0.25) is 0 Å². The highest BCUT2D eigenvalue weighted by Gasteiger charge is 2.37. The van der Waals surface area contributed by atoms with Crippen LogP contribution in [0.15, 0.2) is 54.6 Å². The highest BCUT2D eigenvalue weighted by molar-refractivity contribution is 5.89. The van der Waals surface area contributed by atoms with E-state index < -0.39 is 6.04 Å². The van der Waals surface area contributed by atoms with Gasteiger partial charge >= 0.3 is 0 Å². The smallest absolute Gasteiger partial charge is 0.249 e.